The Morgan fingerprint density at radius 3 is 2.52 bits per heavy atom. The van der Waals surface area contributed by atoms with Gasteiger partial charge in [0.2, 0.25) is 0 Å². The Labute approximate surface area is 173 Å². The van der Waals surface area contributed by atoms with Gasteiger partial charge in [-0.05, 0) is 43.3 Å². The standard InChI is InChI=1S/C21H23N3O4S/c1-12(2)17(23-19(26)15-7-5-6-13(3)10-15)21(27)28-14(4)18(25)24-20-16(11-22)8-9-29-20/h5-10,12,14,17H,1-4H3,(H,23,26)(H,24,25)/t14?,17-/m0/s1. The number of nitrogens with one attached hydrogen (secondary N) is 2. The fourth-order valence-corrected chi connectivity index (χ4v) is 3.26. The maximum atomic E-state index is 12.6. The fraction of sp³-hybridized carbons (Fsp3) is 0.333. The lowest BCUT2D eigenvalue weighted by molar-refractivity contribution is -0.156. The molecule has 0 saturated carbocycles. The van der Waals surface area contributed by atoms with Crippen LogP contribution in [0.1, 0.15) is 42.3 Å². The molecule has 0 aliphatic carbocycles. The number of carbonyl (C=O) groups excluding carboxylic acids is 3. The van der Waals surface area contributed by atoms with Crippen LogP contribution in [0.2, 0.25) is 0 Å². The van der Waals surface area contributed by atoms with E-state index in [4.69, 9.17) is 10.00 Å². The number of aryl methyl sites for hydroxylation is 1. The fourth-order valence-electron chi connectivity index (χ4n) is 2.52. The number of thiophene rings is 1. The number of carbonyl (C=O) groups is 3. The van der Waals surface area contributed by atoms with E-state index in [1.54, 1.807) is 43.5 Å². The lowest BCUT2D eigenvalue weighted by Crippen LogP contribution is -2.47. The molecule has 29 heavy (non-hydrogen) atoms. The van der Waals surface area contributed by atoms with Crippen LogP contribution < -0.4 is 10.6 Å². The summed E-state index contributed by atoms with van der Waals surface area (Å²) in [6.07, 6.45) is -1.09. The Kier molecular flexibility index (Phi) is 7.51. The first kappa shape index (κ1) is 22.1. The van der Waals surface area contributed by atoms with E-state index in [1.165, 1.54) is 18.3 Å². The van der Waals surface area contributed by atoms with Gasteiger partial charge in [-0.1, -0.05) is 31.5 Å². The molecule has 1 aromatic heterocycles. The van der Waals surface area contributed by atoms with Crippen molar-refractivity contribution < 1.29 is 19.1 Å². The average molecular weight is 413 g/mol. The molecular formula is C21H23N3O4S. The summed E-state index contributed by atoms with van der Waals surface area (Å²) in [4.78, 5) is 37.4. The third kappa shape index (κ3) is 5.90. The first-order valence-electron chi connectivity index (χ1n) is 9.09. The largest absolute Gasteiger partial charge is 0.451 e. The van der Waals surface area contributed by atoms with Crippen LogP contribution in [0.5, 0.6) is 0 Å². The van der Waals surface area contributed by atoms with Crippen molar-refractivity contribution >= 4 is 34.1 Å². The predicted molar refractivity (Wildman–Crippen MR) is 110 cm³/mol. The van der Waals surface area contributed by atoms with Crippen LogP contribution in [-0.4, -0.2) is 29.9 Å². The molecule has 0 aliphatic rings. The summed E-state index contributed by atoms with van der Waals surface area (Å²) < 4.78 is 5.27. The Bertz CT molecular complexity index is 945. The van der Waals surface area contributed by atoms with E-state index >= 15 is 0 Å². The quantitative estimate of drug-likeness (QED) is 0.678. The van der Waals surface area contributed by atoms with Crippen molar-refractivity contribution in [1.82, 2.24) is 5.32 Å². The van der Waals surface area contributed by atoms with Gasteiger partial charge >= 0.3 is 5.97 Å². The molecule has 7 nitrogen and oxygen atoms in total. The molecule has 1 unspecified atom stereocenters. The van der Waals surface area contributed by atoms with Crippen molar-refractivity contribution in [2.24, 2.45) is 5.92 Å². The van der Waals surface area contributed by atoms with Crippen molar-refractivity contribution in [3.63, 3.8) is 0 Å². The molecule has 2 rings (SSSR count). The molecule has 0 radical (unpaired) electrons. The van der Waals surface area contributed by atoms with Crippen LogP contribution >= 0.6 is 11.3 Å². The van der Waals surface area contributed by atoms with E-state index in [9.17, 15) is 14.4 Å². The normalized spacial score (nSPS) is 12.6. The van der Waals surface area contributed by atoms with E-state index in [1.807, 2.05) is 19.1 Å². The van der Waals surface area contributed by atoms with Crippen molar-refractivity contribution in [3.05, 3.63) is 52.4 Å². The molecule has 152 valence electrons. The van der Waals surface area contributed by atoms with Crippen LogP contribution in [-0.2, 0) is 14.3 Å². The maximum Gasteiger partial charge on any atom is 0.329 e. The van der Waals surface area contributed by atoms with Crippen molar-refractivity contribution in [3.8, 4) is 6.07 Å². The van der Waals surface area contributed by atoms with Gasteiger partial charge in [-0.3, -0.25) is 9.59 Å². The summed E-state index contributed by atoms with van der Waals surface area (Å²) in [6.45, 7) is 6.86. The van der Waals surface area contributed by atoms with Gasteiger partial charge in [0.25, 0.3) is 11.8 Å². The first-order chi connectivity index (χ1) is 13.7. The molecule has 2 aromatic rings. The molecular weight excluding hydrogens is 390 g/mol. The number of rotatable bonds is 7. The van der Waals surface area contributed by atoms with Gasteiger partial charge in [-0.15, -0.1) is 11.3 Å². The van der Waals surface area contributed by atoms with Crippen molar-refractivity contribution in [1.29, 1.82) is 5.26 Å². The minimum absolute atomic E-state index is 0.242. The third-order valence-corrected chi connectivity index (χ3v) is 5.00. The highest BCUT2D eigenvalue weighted by Crippen LogP contribution is 2.22. The SMILES string of the molecule is Cc1cccc(C(=O)N[C@H](C(=O)OC(C)C(=O)Nc2sccc2C#N)C(C)C)c1. The molecule has 0 aliphatic heterocycles. The number of amides is 2. The summed E-state index contributed by atoms with van der Waals surface area (Å²) in [5.41, 5.74) is 1.71. The molecule has 0 bridgehead atoms. The highest BCUT2D eigenvalue weighted by atomic mass is 32.1. The minimum atomic E-state index is -1.09. The number of nitriles is 1. The molecule has 2 N–H and O–H groups in total. The first-order valence-corrected chi connectivity index (χ1v) is 9.97. The van der Waals surface area contributed by atoms with Crippen LogP contribution in [0.15, 0.2) is 35.7 Å². The van der Waals surface area contributed by atoms with Gasteiger partial charge in [-0.2, -0.15) is 5.26 Å². The minimum Gasteiger partial charge on any atom is -0.451 e. The lowest BCUT2D eigenvalue weighted by atomic mass is 10.0. The van der Waals surface area contributed by atoms with E-state index in [0.717, 1.165) is 5.56 Å². The third-order valence-electron chi connectivity index (χ3n) is 4.17. The Morgan fingerprint density at radius 1 is 1.17 bits per heavy atom. The van der Waals surface area contributed by atoms with Gasteiger partial charge in [0, 0.05) is 5.56 Å². The van der Waals surface area contributed by atoms with Gasteiger partial charge in [-0.25, -0.2) is 4.79 Å². The second-order valence-corrected chi connectivity index (χ2v) is 7.82. The van der Waals surface area contributed by atoms with E-state index in [-0.39, 0.29) is 5.92 Å². The Hall–Kier alpha value is -3.18. The molecule has 1 aromatic carbocycles. The number of hydrogen-bond donors (Lipinski definition) is 2. The Morgan fingerprint density at radius 2 is 1.90 bits per heavy atom. The highest BCUT2D eigenvalue weighted by molar-refractivity contribution is 7.14. The average Bonchev–Trinajstić information content (AvgIpc) is 3.12. The number of anilines is 1. The number of hydrogen-bond acceptors (Lipinski definition) is 6. The summed E-state index contributed by atoms with van der Waals surface area (Å²) in [6, 6.07) is 9.68. The molecule has 2 atom stereocenters. The zero-order chi connectivity index (χ0) is 21.6. The second kappa shape index (κ2) is 9.85. The van der Waals surface area contributed by atoms with Crippen LogP contribution in [0.4, 0.5) is 5.00 Å². The van der Waals surface area contributed by atoms with E-state index in [2.05, 4.69) is 10.6 Å². The number of benzene rings is 1. The number of esters is 1. The maximum absolute atomic E-state index is 12.6. The summed E-state index contributed by atoms with van der Waals surface area (Å²) in [5, 5.41) is 16.4. The predicted octanol–water partition coefficient (Wildman–Crippen LogP) is 3.25. The topological polar surface area (TPSA) is 108 Å². The molecule has 8 heteroatoms. The van der Waals surface area contributed by atoms with Gasteiger partial charge in [0.15, 0.2) is 6.10 Å². The molecule has 2 amide bonds. The molecule has 0 spiro atoms. The number of nitrogens with zero attached hydrogens (tertiary/aromatic N) is 1. The molecule has 0 fully saturated rings. The van der Waals surface area contributed by atoms with Gasteiger partial charge in [0.05, 0.1) is 5.56 Å². The molecule has 0 saturated heterocycles. The van der Waals surface area contributed by atoms with Crippen LogP contribution in [0.3, 0.4) is 0 Å². The van der Waals surface area contributed by atoms with Gasteiger partial charge < -0.3 is 15.4 Å². The van der Waals surface area contributed by atoms with Crippen LogP contribution in [0, 0.1) is 24.2 Å². The summed E-state index contributed by atoms with van der Waals surface area (Å²) in [5.74, 6) is -1.88. The van der Waals surface area contributed by atoms with Crippen LogP contribution in [0.25, 0.3) is 0 Å². The molecule has 1 heterocycles. The van der Waals surface area contributed by atoms with Crippen molar-refractivity contribution in [2.75, 3.05) is 5.32 Å². The summed E-state index contributed by atoms with van der Waals surface area (Å²) >= 11 is 1.21. The lowest BCUT2D eigenvalue weighted by Gasteiger charge is -2.23. The Balaban J connectivity index is 2.02. The monoisotopic (exact) mass is 413 g/mol. The van der Waals surface area contributed by atoms with E-state index in [0.29, 0.717) is 16.1 Å². The van der Waals surface area contributed by atoms with Crippen molar-refractivity contribution in [2.45, 2.75) is 39.8 Å². The zero-order valence-electron chi connectivity index (χ0n) is 16.7. The smallest absolute Gasteiger partial charge is 0.329 e. The second-order valence-electron chi connectivity index (χ2n) is 6.91. The highest BCUT2D eigenvalue weighted by Gasteiger charge is 2.29. The summed E-state index contributed by atoms with van der Waals surface area (Å²) in [7, 11) is 0. The zero-order valence-corrected chi connectivity index (χ0v) is 17.5. The van der Waals surface area contributed by atoms with Gasteiger partial charge in [0.1, 0.15) is 17.1 Å². The van der Waals surface area contributed by atoms with E-state index < -0.39 is 29.9 Å². The number of ether oxygens (including phenoxy) is 1.